The molecule has 2 rings (SSSR count). The zero-order valence-electron chi connectivity index (χ0n) is 10.3. The van der Waals surface area contributed by atoms with Crippen LogP contribution in [0.4, 0.5) is 0 Å². The molecule has 0 aliphatic heterocycles. The Labute approximate surface area is 124 Å². The Morgan fingerprint density at radius 1 is 1.58 bits per heavy atom. The van der Waals surface area contributed by atoms with Gasteiger partial charge in [0.15, 0.2) is 5.82 Å². The van der Waals surface area contributed by atoms with Gasteiger partial charge in [0.1, 0.15) is 5.75 Å². The molecule has 2 aromatic rings. The molecule has 0 aliphatic carbocycles. The molecule has 0 spiro atoms. The van der Waals surface area contributed by atoms with Crippen LogP contribution in [0, 0.1) is 4.77 Å². The molecule has 0 fully saturated rings. The Morgan fingerprint density at radius 2 is 2.37 bits per heavy atom. The van der Waals surface area contributed by atoms with Gasteiger partial charge in [0.05, 0.1) is 6.21 Å². The number of phenolic OH excluding ortho intramolecular Hbond substituents is 1. The number of halogens is 1. The highest BCUT2D eigenvalue weighted by Crippen LogP contribution is 2.20. The monoisotopic (exact) mass is 340 g/mol. The number of nitrogens with one attached hydrogen (secondary N) is 1. The summed E-state index contributed by atoms with van der Waals surface area (Å²) in [6.45, 7) is 2.06. The largest absolute Gasteiger partial charge is 0.507 e. The fourth-order valence-electron chi connectivity index (χ4n) is 1.58. The van der Waals surface area contributed by atoms with Crippen LogP contribution in [0.3, 0.4) is 0 Å². The molecule has 0 atom stereocenters. The van der Waals surface area contributed by atoms with E-state index in [2.05, 4.69) is 38.2 Å². The van der Waals surface area contributed by atoms with Gasteiger partial charge in [-0.1, -0.05) is 22.9 Å². The molecule has 0 saturated heterocycles. The van der Waals surface area contributed by atoms with E-state index < -0.39 is 0 Å². The van der Waals surface area contributed by atoms with Crippen LogP contribution in [0.1, 0.15) is 24.7 Å². The summed E-state index contributed by atoms with van der Waals surface area (Å²) in [6.07, 6.45) is 3.30. The molecule has 5 nitrogen and oxygen atoms in total. The summed E-state index contributed by atoms with van der Waals surface area (Å²) in [5.41, 5.74) is 0.611. The fourth-order valence-corrected chi connectivity index (χ4v) is 2.15. The van der Waals surface area contributed by atoms with Crippen molar-refractivity contribution >= 4 is 34.4 Å². The van der Waals surface area contributed by atoms with Crippen LogP contribution in [0.15, 0.2) is 27.8 Å². The van der Waals surface area contributed by atoms with E-state index in [1.807, 2.05) is 0 Å². The van der Waals surface area contributed by atoms with E-state index in [4.69, 9.17) is 12.2 Å². The molecule has 2 N–H and O–H groups in total. The van der Waals surface area contributed by atoms with Crippen molar-refractivity contribution in [3.8, 4) is 5.75 Å². The van der Waals surface area contributed by atoms with Gasteiger partial charge in [-0.25, -0.2) is 0 Å². The highest BCUT2D eigenvalue weighted by molar-refractivity contribution is 9.10. The molecule has 0 radical (unpaired) electrons. The zero-order valence-corrected chi connectivity index (χ0v) is 12.7. The molecule has 0 aliphatic rings. The number of rotatable bonds is 4. The van der Waals surface area contributed by atoms with Crippen LogP contribution in [-0.2, 0) is 6.42 Å². The maximum atomic E-state index is 9.73. The lowest BCUT2D eigenvalue weighted by Crippen LogP contribution is -1.98. The van der Waals surface area contributed by atoms with Gasteiger partial charge in [-0.15, -0.1) is 0 Å². The van der Waals surface area contributed by atoms with Gasteiger partial charge < -0.3 is 5.11 Å². The van der Waals surface area contributed by atoms with Crippen LogP contribution in [0.2, 0.25) is 0 Å². The van der Waals surface area contributed by atoms with E-state index in [9.17, 15) is 5.11 Å². The van der Waals surface area contributed by atoms with E-state index in [1.165, 1.54) is 0 Å². The number of nitrogens with zero attached hydrogens (tertiary/aromatic N) is 3. The first kappa shape index (κ1) is 14.0. The van der Waals surface area contributed by atoms with Crippen LogP contribution in [0.5, 0.6) is 5.75 Å². The van der Waals surface area contributed by atoms with E-state index in [-0.39, 0.29) is 5.75 Å². The number of benzene rings is 1. The summed E-state index contributed by atoms with van der Waals surface area (Å²) in [7, 11) is 0. The number of hydrogen-bond acceptors (Lipinski definition) is 4. The first-order valence-electron chi connectivity index (χ1n) is 5.81. The normalized spacial score (nSPS) is 11.3. The number of aromatic amines is 1. The third-order valence-corrected chi connectivity index (χ3v) is 3.25. The maximum Gasteiger partial charge on any atom is 0.216 e. The van der Waals surface area contributed by atoms with Crippen LogP contribution >= 0.6 is 28.1 Å². The van der Waals surface area contributed by atoms with Crippen molar-refractivity contribution in [1.29, 1.82) is 0 Å². The van der Waals surface area contributed by atoms with E-state index in [0.29, 0.717) is 10.3 Å². The van der Waals surface area contributed by atoms with Crippen LogP contribution in [-0.4, -0.2) is 26.2 Å². The first-order chi connectivity index (χ1) is 9.11. The molecular formula is C12H13BrN4OS. The van der Waals surface area contributed by atoms with Crippen molar-refractivity contribution in [2.45, 2.75) is 19.8 Å². The molecule has 100 valence electrons. The van der Waals surface area contributed by atoms with Crippen molar-refractivity contribution in [2.24, 2.45) is 5.10 Å². The van der Waals surface area contributed by atoms with Gasteiger partial charge in [0.25, 0.3) is 0 Å². The third-order valence-electron chi connectivity index (χ3n) is 2.49. The standard InChI is InChI=1S/C12H13BrN4OS/c1-2-3-11-15-16-12(19)17(11)14-7-8-6-9(13)4-5-10(8)18/h4-7,18H,2-3H2,1H3,(H,16,19)/b14-7+. The predicted molar refractivity (Wildman–Crippen MR) is 80.2 cm³/mol. The van der Waals surface area contributed by atoms with Crippen molar-refractivity contribution in [1.82, 2.24) is 14.9 Å². The number of aromatic hydroxyl groups is 1. The molecule has 7 heteroatoms. The molecule has 0 saturated carbocycles. The summed E-state index contributed by atoms with van der Waals surface area (Å²) in [6, 6.07) is 5.15. The summed E-state index contributed by atoms with van der Waals surface area (Å²) in [4.78, 5) is 0. The highest BCUT2D eigenvalue weighted by Gasteiger charge is 2.04. The lowest BCUT2D eigenvalue weighted by molar-refractivity contribution is 0.474. The zero-order chi connectivity index (χ0) is 13.8. The van der Waals surface area contributed by atoms with Gasteiger partial charge in [-0.3, -0.25) is 5.10 Å². The molecule has 19 heavy (non-hydrogen) atoms. The Hall–Kier alpha value is -1.47. The number of phenols is 1. The first-order valence-corrected chi connectivity index (χ1v) is 7.01. The Balaban J connectivity index is 2.35. The molecule has 0 unspecified atom stereocenters. The second kappa shape index (κ2) is 6.12. The molecule has 0 amide bonds. The van der Waals surface area contributed by atoms with Gasteiger partial charge in [0.2, 0.25) is 4.77 Å². The topological polar surface area (TPSA) is 66.2 Å². The number of hydrogen-bond donors (Lipinski definition) is 2. The third kappa shape index (κ3) is 3.30. The fraction of sp³-hybridized carbons (Fsp3) is 0.250. The minimum Gasteiger partial charge on any atom is -0.507 e. The van der Waals surface area contributed by atoms with E-state index >= 15 is 0 Å². The Bertz CT molecular complexity index is 662. The average molecular weight is 341 g/mol. The second-order valence-electron chi connectivity index (χ2n) is 3.95. The van der Waals surface area contributed by atoms with Crippen LogP contribution < -0.4 is 0 Å². The van der Waals surface area contributed by atoms with Gasteiger partial charge in [-0.05, 0) is 36.8 Å². The highest BCUT2D eigenvalue weighted by atomic mass is 79.9. The summed E-state index contributed by atoms with van der Waals surface area (Å²) in [5, 5.41) is 20.8. The van der Waals surface area contributed by atoms with Gasteiger partial charge in [-0.2, -0.15) is 14.9 Å². The SMILES string of the molecule is CCCc1n[nH]c(=S)n1/N=C/c1cc(Br)ccc1O. The van der Waals surface area contributed by atoms with Crippen molar-refractivity contribution < 1.29 is 5.11 Å². The lowest BCUT2D eigenvalue weighted by Gasteiger charge is -2.01. The molecule has 1 heterocycles. The average Bonchev–Trinajstić information content (AvgIpc) is 2.72. The Morgan fingerprint density at radius 3 is 3.11 bits per heavy atom. The van der Waals surface area contributed by atoms with Crippen LogP contribution in [0.25, 0.3) is 0 Å². The quantitative estimate of drug-likeness (QED) is 0.663. The van der Waals surface area contributed by atoms with Crippen molar-refractivity contribution in [3.63, 3.8) is 0 Å². The molecular weight excluding hydrogens is 328 g/mol. The van der Waals surface area contributed by atoms with Crippen molar-refractivity contribution in [2.75, 3.05) is 0 Å². The predicted octanol–water partition coefficient (Wildman–Crippen LogP) is 3.24. The lowest BCUT2D eigenvalue weighted by atomic mass is 10.2. The summed E-state index contributed by atoms with van der Waals surface area (Å²) >= 11 is 8.47. The maximum absolute atomic E-state index is 9.73. The van der Waals surface area contributed by atoms with Gasteiger partial charge in [0, 0.05) is 16.5 Å². The minimum atomic E-state index is 0.166. The summed E-state index contributed by atoms with van der Waals surface area (Å²) < 4.78 is 2.88. The number of aromatic nitrogens is 3. The summed E-state index contributed by atoms with van der Waals surface area (Å²) in [5.74, 6) is 0.942. The second-order valence-corrected chi connectivity index (χ2v) is 5.26. The van der Waals surface area contributed by atoms with E-state index in [1.54, 1.807) is 29.1 Å². The Kier molecular flexibility index (Phi) is 4.49. The molecule has 1 aromatic heterocycles. The number of aryl methyl sites for hydroxylation is 1. The smallest absolute Gasteiger partial charge is 0.216 e. The minimum absolute atomic E-state index is 0.166. The van der Waals surface area contributed by atoms with E-state index in [0.717, 1.165) is 23.1 Å². The van der Waals surface area contributed by atoms with Gasteiger partial charge >= 0.3 is 0 Å². The number of H-pyrrole nitrogens is 1. The molecule has 0 bridgehead atoms. The van der Waals surface area contributed by atoms with Crippen molar-refractivity contribution in [3.05, 3.63) is 38.8 Å². The molecule has 1 aromatic carbocycles.